The molecule has 0 bridgehead atoms. The molecule has 228 valence electrons. The van der Waals surface area contributed by atoms with Gasteiger partial charge in [-0.15, -0.1) is 0 Å². The largest absolute Gasteiger partial charge is 0.379 e. The predicted octanol–water partition coefficient (Wildman–Crippen LogP) is 6.09. The Hall–Kier alpha value is -4.40. The van der Waals surface area contributed by atoms with Crippen molar-refractivity contribution in [1.82, 2.24) is 14.7 Å². The molecule has 0 aliphatic carbocycles. The molecule has 3 aliphatic heterocycles. The molecule has 0 N–H and O–H groups in total. The number of hydrogen-bond acceptors (Lipinski definition) is 6. The molecular formula is C37H35N3O5. The molecule has 0 aromatic heterocycles. The molecule has 3 heterocycles. The Bertz CT molecular complexity index is 1970. The summed E-state index contributed by atoms with van der Waals surface area (Å²) in [5.74, 6) is -0.699. The highest BCUT2D eigenvalue weighted by atomic mass is 16.5. The first-order valence-corrected chi connectivity index (χ1v) is 16.0. The van der Waals surface area contributed by atoms with Crippen LogP contribution in [0.1, 0.15) is 75.0 Å². The van der Waals surface area contributed by atoms with Crippen molar-refractivity contribution in [2.75, 3.05) is 39.4 Å². The van der Waals surface area contributed by atoms with Gasteiger partial charge in [0.2, 0.25) is 0 Å². The van der Waals surface area contributed by atoms with Crippen molar-refractivity contribution >= 4 is 66.7 Å². The molecular weight excluding hydrogens is 566 g/mol. The summed E-state index contributed by atoms with van der Waals surface area (Å²) in [5, 5.41) is 6.72. The minimum Gasteiger partial charge on any atom is -0.379 e. The van der Waals surface area contributed by atoms with E-state index in [4.69, 9.17) is 4.74 Å². The Morgan fingerprint density at radius 3 is 1.49 bits per heavy atom. The molecule has 0 saturated carbocycles. The standard InChI is InChI=1S/C37H35N3O5/c1-20(2)19-21(3)40-36(43)28-11-7-24-22-5-9-26-32-27(35(42)39(34(26)41)14-4-13-38-15-17-45-18-16-38)10-6-23(30(22)32)25-8-12-29(37(40)44)33(28)31(24)25/h5-12,20-21H,4,13-19H2,1-3H3. The Balaban J connectivity index is 1.25. The van der Waals surface area contributed by atoms with Gasteiger partial charge in [-0.2, -0.15) is 0 Å². The van der Waals surface area contributed by atoms with Gasteiger partial charge >= 0.3 is 0 Å². The maximum absolute atomic E-state index is 13.8. The first kappa shape index (κ1) is 28.1. The number of imide groups is 2. The van der Waals surface area contributed by atoms with Crippen LogP contribution in [-0.2, 0) is 4.74 Å². The lowest BCUT2D eigenvalue weighted by molar-refractivity contribution is 0.0352. The second kappa shape index (κ2) is 10.3. The molecule has 1 saturated heterocycles. The smallest absolute Gasteiger partial charge is 0.261 e. The number of morpholine rings is 1. The molecule has 8 heteroatoms. The summed E-state index contributed by atoms with van der Waals surface area (Å²) < 4.78 is 5.44. The number of benzene rings is 5. The summed E-state index contributed by atoms with van der Waals surface area (Å²) in [6, 6.07) is 15.0. The van der Waals surface area contributed by atoms with Gasteiger partial charge in [-0.1, -0.05) is 38.1 Å². The monoisotopic (exact) mass is 601 g/mol. The Labute approximate surface area is 260 Å². The van der Waals surface area contributed by atoms with Gasteiger partial charge in [0, 0.05) is 65.2 Å². The Morgan fingerprint density at radius 2 is 1.04 bits per heavy atom. The lowest BCUT2D eigenvalue weighted by Crippen LogP contribution is -2.46. The van der Waals surface area contributed by atoms with E-state index >= 15 is 0 Å². The first-order chi connectivity index (χ1) is 21.8. The minimum absolute atomic E-state index is 0.216. The van der Waals surface area contributed by atoms with Crippen molar-refractivity contribution in [3.8, 4) is 0 Å². The molecule has 0 spiro atoms. The number of rotatable bonds is 7. The fourth-order valence-corrected chi connectivity index (χ4v) is 8.00. The summed E-state index contributed by atoms with van der Waals surface area (Å²) in [4.78, 5) is 60.4. The third-order valence-electron chi connectivity index (χ3n) is 9.96. The molecule has 8 nitrogen and oxygen atoms in total. The lowest BCUT2D eigenvalue weighted by atomic mass is 9.82. The van der Waals surface area contributed by atoms with Crippen molar-refractivity contribution in [3.63, 3.8) is 0 Å². The van der Waals surface area contributed by atoms with Crippen LogP contribution in [0.4, 0.5) is 0 Å². The molecule has 5 aromatic rings. The van der Waals surface area contributed by atoms with Crippen molar-refractivity contribution in [1.29, 1.82) is 0 Å². The van der Waals surface area contributed by atoms with Gasteiger partial charge < -0.3 is 4.74 Å². The first-order valence-electron chi connectivity index (χ1n) is 16.0. The number of nitrogens with zero attached hydrogens (tertiary/aromatic N) is 3. The molecule has 1 unspecified atom stereocenters. The van der Waals surface area contributed by atoms with Gasteiger partial charge in [0.25, 0.3) is 23.6 Å². The van der Waals surface area contributed by atoms with Crippen molar-refractivity contribution in [2.24, 2.45) is 5.92 Å². The van der Waals surface area contributed by atoms with Crippen LogP contribution in [0.2, 0.25) is 0 Å². The fraction of sp³-hybridized carbons (Fsp3) is 0.351. The summed E-state index contributed by atoms with van der Waals surface area (Å²) in [7, 11) is 0. The zero-order valence-electron chi connectivity index (χ0n) is 25.8. The molecule has 1 atom stereocenters. The van der Waals surface area contributed by atoms with Gasteiger partial charge in [-0.05, 0) is 82.3 Å². The zero-order valence-corrected chi connectivity index (χ0v) is 25.8. The summed E-state index contributed by atoms with van der Waals surface area (Å²) in [5.41, 5.74) is 2.14. The maximum Gasteiger partial charge on any atom is 0.261 e. The highest BCUT2D eigenvalue weighted by Gasteiger charge is 2.38. The number of hydrogen-bond donors (Lipinski definition) is 0. The highest BCUT2D eigenvalue weighted by Crippen LogP contribution is 2.46. The molecule has 1 fully saturated rings. The van der Waals surface area contributed by atoms with E-state index in [9.17, 15) is 19.2 Å². The van der Waals surface area contributed by atoms with Crippen LogP contribution in [0.5, 0.6) is 0 Å². The quantitative estimate of drug-likeness (QED) is 0.128. The molecule has 0 radical (unpaired) electrons. The van der Waals surface area contributed by atoms with Gasteiger partial charge in [0.15, 0.2) is 0 Å². The molecule has 8 rings (SSSR count). The van der Waals surface area contributed by atoms with E-state index in [2.05, 4.69) is 18.7 Å². The second-order valence-electron chi connectivity index (χ2n) is 13.2. The van der Waals surface area contributed by atoms with E-state index in [0.29, 0.717) is 65.1 Å². The van der Waals surface area contributed by atoms with Gasteiger partial charge in [-0.3, -0.25) is 33.9 Å². The number of ether oxygens (including phenoxy) is 1. The second-order valence-corrected chi connectivity index (χ2v) is 13.2. The molecule has 3 aliphatic rings. The molecule has 5 aromatic carbocycles. The summed E-state index contributed by atoms with van der Waals surface area (Å²) >= 11 is 0. The van der Waals surface area contributed by atoms with Crippen LogP contribution in [-0.4, -0.2) is 83.8 Å². The van der Waals surface area contributed by atoms with Gasteiger partial charge in [0.1, 0.15) is 0 Å². The maximum atomic E-state index is 13.8. The van der Waals surface area contributed by atoms with Crippen LogP contribution in [0.15, 0.2) is 48.5 Å². The number of carbonyl (C=O) groups excluding carboxylic acids is 4. The minimum atomic E-state index is -0.263. The number of carbonyl (C=O) groups is 4. The van der Waals surface area contributed by atoms with Crippen molar-refractivity contribution < 1.29 is 23.9 Å². The average molecular weight is 602 g/mol. The normalized spacial score (nSPS) is 18.1. The van der Waals surface area contributed by atoms with E-state index in [1.54, 1.807) is 0 Å². The Kier molecular flexibility index (Phi) is 6.45. The third kappa shape index (κ3) is 4.05. The number of amides is 4. The SMILES string of the molecule is CC(C)CC(C)N1C(=O)c2ccc3c4ccc5c6c(ccc(c7ccc(c2c37)C1=O)c64)C(=O)N(CCCN1CCOCC1)C5=O. The topological polar surface area (TPSA) is 87.2 Å². The van der Waals surface area contributed by atoms with E-state index < -0.39 is 0 Å². The number of fused-ring (bicyclic) bond motifs is 2. The van der Waals surface area contributed by atoms with Crippen LogP contribution >= 0.6 is 0 Å². The van der Waals surface area contributed by atoms with Crippen LogP contribution in [0.25, 0.3) is 43.1 Å². The molecule has 4 amide bonds. The van der Waals surface area contributed by atoms with Crippen LogP contribution in [0.3, 0.4) is 0 Å². The van der Waals surface area contributed by atoms with Crippen LogP contribution in [0, 0.1) is 5.92 Å². The summed E-state index contributed by atoms with van der Waals surface area (Å²) in [6.07, 6.45) is 1.44. The predicted molar refractivity (Wildman–Crippen MR) is 174 cm³/mol. The average Bonchev–Trinajstić information content (AvgIpc) is 3.03. The zero-order chi connectivity index (χ0) is 31.1. The lowest BCUT2D eigenvalue weighted by Gasteiger charge is -2.33. The molecule has 45 heavy (non-hydrogen) atoms. The van der Waals surface area contributed by atoms with E-state index in [1.165, 1.54) is 9.80 Å². The third-order valence-corrected chi connectivity index (χ3v) is 9.96. The van der Waals surface area contributed by atoms with Crippen molar-refractivity contribution in [2.45, 2.75) is 39.7 Å². The fourth-order valence-electron chi connectivity index (χ4n) is 8.00. The van der Waals surface area contributed by atoms with E-state index in [0.717, 1.165) is 58.4 Å². The van der Waals surface area contributed by atoms with E-state index in [1.807, 2.05) is 55.5 Å². The summed E-state index contributed by atoms with van der Waals surface area (Å²) in [6.45, 7) is 10.4. The van der Waals surface area contributed by atoms with Gasteiger partial charge in [0.05, 0.1) is 13.2 Å². The van der Waals surface area contributed by atoms with E-state index in [-0.39, 0.29) is 29.7 Å². The highest BCUT2D eigenvalue weighted by molar-refractivity contribution is 6.41. The van der Waals surface area contributed by atoms with Crippen molar-refractivity contribution in [3.05, 3.63) is 70.8 Å². The van der Waals surface area contributed by atoms with Crippen LogP contribution < -0.4 is 0 Å². The Morgan fingerprint density at radius 1 is 0.600 bits per heavy atom. The van der Waals surface area contributed by atoms with Gasteiger partial charge in [-0.25, -0.2) is 0 Å².